The Morgan fingerprint density at radius 3 is 2.61 bits per heavy atom. The molecule has 2 nitrogen and oxygen atoms in total. The van der Waals surface area contributed by atoms with Gasteiger partial charge in [0.05, 0.1) is 0 Å². The summed E-state index contributed by atoms with van der Waals surface area (Å²) in [6, 6.07) is 8.79. The number of nitrogens with zero attached hydrogens (tertiary/aromatic N) is 2. The number of benzene rings is 1. The zero-order valence-electron chi connectivity index (χ0n) is 11.2. The molecule has 0 unspecified atom stereocenters. The number of hydrogen-bond donors (Lipinski definition) is 0. The summed E-state index contributed by atoms with van der Waals surface area (Å²) in [5.41, 5.74) is 2.88. The zero-order chi connectivity index (χ0) is 12.4. The molecular formula is C16H22N2. The molecule has 1 aliphatic rings. The van der Waals surface area contributed by atoms with Crippen molar-refractivity contribution < 1.29 is 0 Å². The SMILES string of the molecule is CCn1cc(CN2CCCCC2)c2ccccc21. The number of fused-ring (bicyclic) bond motifs is 1. The fraction of sp³-hybridized carbons (Fsp3) is 0.500. The maximum atomic E-state index is 2.60. The smallest absolute Gasteiger partial charge is 0.0483 e. The highest BCUT2D eigenvalue weighted by Gasteiger charge is 2.13. The van der Waals surface area contributed by atoms with Crippen LogP contribution in [-0.4, -0.2) is 22.6 Å². The van der Waals surface area contributed by atoms with Crippen LogP contribution in [-0.2, 0) is 13.1 Å². The van der Waals surface area contributed by atoms with Crippen molar-refractivity contribution in [1.29, 1.82) is 0 Å². The lowest BCUT2D eigenvalue weighted by Crippen LogP contribution is -2.28. The van der Waals surface area contributed by atoms with Crippen molar-refractivity contribution in [1.82, 2.24) is 9.47 Å². The van der Waals surface area contributed by atoms with Crippen LogP contribution >= 0.6 is 0 Å². The van der Waals surface area contributed by atoms with Crippen molar-refractivity contribution in [2.24, 2.45) is 0 Å². The van der Waals surface area contributed by atoms with E-state index in [4.69, 9.17) is 0 Å². The second-order valence-corrected chi connectivity index (χ2v) is 5.29. The molecule has 0 saturated carbocycles. The Labute approximate surface area is 109 Å². The fourth-order valence-electron chi connectivity index (χ4n) is 3.07. The zero-order valence-corrected chi connectivity index (χ0v) is 11.2. The minimum atomic E-state index is 1.06. The Hall–Kier alpha value is -1.28. The van der Waals surface area contributed by atoms with Gasteiger partial charge in [-0.3, -0.25) is 4.90 Å². The second kappa shape index (κ2) is 5.15. The Morgan fingerprint density at radius 1 is 1.06 bits per heavy atom. The van der Waals surface area contributed by atoms with Crippen molar-refractivity contribution in [3.8, 4) is 0 Å². The van der Waals surface area contributed by atoms with Gasteiger partial charge in [-0.1, -0.05) is 24.6 Å². The molecule has 1 saturated heterocycles. The molecule has 1 aliphatic heterocycles. The van der Waals surface area contributed by atoms with Gasteiger partial charge in [0.2, 0.25) is 0 Å². The standard InChI is InChI=1S/C16H22N2/c1-2-18-13-14(12-17-10-6-3-7-11-17)15-8-4-5-9-16(15)18/h4-5,8-9,13H,2-3,6-7,10-12H2,1H3. The Bertz CT molecular complexity index is 521. The van der Waals surface area contributed by atoms with Crippen molar-refractivity contribution in [3.63, 3.8) is 0 Å². The van der Waals surface area contributed by atoms with Gasteiger partial charge in [-0.15, -0.1) is 0 Å². The van der Waals surface area contributed by atoms with E-state index in [1.807, 2.05) is 0 Å². The highest BCUT2D eigenvalue weighted by atomic mass is 15.1. The van der Waals surface area contributed by atoms with Gasteiger partial charge in [-0.25, -0.2) is 0 Å². The summed E-state index contributed by atoms with van der Waals surface area (Å²) in [6.45, 7) is 6.93. The van der Waals surface area contributed by atoms with E-state index in [0.29, 0.717) is 0 Å². The molecule has 0 N–H and O–H groups in total. The van der Waals surface area contributed by atoms with Crippen LogP contribution in [0.4, 0.5) is 0 Å². The topological polar surface area (TPSA) is 8.17 Å². The maximum absolute atomic E-state index is 2.60. The van der Waals surface area contributed by atoms with Gasteiger partial charge < -0.3 is 4.57 Å². The number of hydrogen-bond acceptors (Lipinski definition) is 1. The van der Waals surface area contributed by atoms with Crippen molar-refractivity contribution in [2.75, 3.05) is 13.1 Å². The van der Waals surface area contributed by atoms with E-state index in [-0.39, 0.29) is 0 Å². The Kier molecular flexibility index (Phi) is 3.37. The summed E-state index contributed by atoms with van der Waals surface area (Å²) in [5, 5.41) is 1.44. The summed E-state index contributed by atoms with van der Waals surface area (Å²) in [4.78, 5) is 2.60. The first-order valence-electron chi connectivity index (χ1n) is 7.17. The molecule has 1 aromatic heterocycles. The van der Waals surface area contributed by atoms with Crippen LogP contribution in [0.15, 0.2) is 30.5 Å². The number of likely N-dealkylation sites (tertiary alicyclic amines) is 1. The van der Waals surface area contributed by atoms with E-state index >= 15 is 0 Å². The van der Waals surface area contributed by atoms with Gasteiger partial charge in [0, 0.05) is 30.2 Å². The van der Waals surface area contributed by atoms with Gasteiger partial charge in [-0.05, 0) is 44.5 Å². The van der Waals surface area contributed by atoms with Crippen LogP contribution in [0.3, 0.4) is 0 Å². The van der Waals surface area contributed by atoms with Gasteiger partial charge in [0.1, 0.15) is 0 Å². The molecule has 2 heteroatoms. The third-order valence-electron chi connectivity index (χ3n) is 4.05. The molecule has 0 spiro atoms. The van der Waals surface area contributed by atoms with Gasteiger partial charge in [0.25, 0.3) is 0 Å². The first-order valence-corrected chi connectivity index (χ1v) is 7.17. The summed E-state index contributed by atoms with van der Waals surface area (Å²) in [7, 11) is 0. The van der Waals surface area contributed by atoms with Gasteiger partial charge >= 0.3 is 0 Å². The molecule has 0 atom stereocenters. The quantitative estimate of drug-likeness (QED) is 0.797. The molecule has 1 aromatic carbocycles. The molecule has 96 valence electrons. The van der Waals surface area contributed by atoms with Crippen LogP contribution in [0.25, 0.3) is 10.9 Å². The van der Waals surface area contributed by atoms with E-state index in [0.717, 1.165) is 13.1 Å². The second-order valence-electron chi connectivity index (χ2n) is 5.29. The highest BCUT2D eigenvalue weighted by molar-refractivity contribution is 5.83. The predicted molar refractivity (Wildman–Crippen MR) is 76.7 cm³/mol. The van der Waals surface area contributed by atoms with E-state index < -0.39 is 0 Å². The molecule has 0 amide bonds. The molecule has 0 radical (unpaired) electrons. The molecule has 3 rings (SSSR count). The van der Waals surface area contributed by atoms with Crippen LogP contribution in [0.5, 0.6) is 0 Å². The van der Waals surface area contributed by atoms with Crippen molar-refractivity contribution in [3.05, 3.63) is 36.0 Å². The van der Waals surface area contributed by atoms with Crippen molar-refractivity contribution >= 4 is 10.9 Å². The molecule has 18 heavy (non-hydrogen) atoms. The third kappa shape index (κ3) is 2.17. The van der Waals surface area contributed by atoms with Crippen molar-refractivity contribution in [2.45, 2.75) is 39.3 Å². The molecule has 2 aromatic rings. The monoisotopic (exact) mass is 242 g/mol. The molecule has 0 aliphatic carbocycles. The van der Waals surface area contributed by atoms with Gasteiger partial charge in [0.15, 0.2) is 0 Å². The summed E-state index contributed by atoms with van der Waals surface area (Å²) >= 11 is 0. The minimum absolute atomic E-state index is 1.06. The number of rotatable bonds is 3. The predicted octanol–water partition coefficient (Wildman–Crippen LogP) is 3.65. The highest BCUT2D eigenvalue weighted by Crippen LogP contribution is 2.23. The normalized spacial score (nSPS) is 17.4. The van der Waals surface area contributed by atoms with Crippen LogP contribution in [0.1, 0.15) is 31.7 Å². The summed E-state index contributed by atoms with van der Waals surface area (Å²) < 4.78 is 2.37. The third-order valence-corrected chi connectivity index (χ3v) is 4.05. The lowest BCUT2D eigenvalue weighted by molar-refractivity contribution is 0.221. The number of para-hydroxylation sites is 1. The Balaban J connectivity index is 1.91. The number of aryl methyl sites for hydroxylation is 1. The lowest BCUT2D eigenvalue weighted by Gasteiger charge is -2.26. The van der Waals surface area contributed by atoms with Gasteiger partial charge in [-0.2, -0.15) is 0 Å². The first kappa shape index (κ1) is 11.8. The fourth-order valence-corrected chi connectivity index (χ4v) is 3.07. The number of aromatic nitrogens is 1. The maximum Gasteiger partial charge on any atom is 0.0483 e. The van der Waals surface area contributed by atoms with Crippen LogP contribution in [0, 0.1) is 0 Å². The minimum Gasteiger partial charge on any atom is -0.347 e. The summed E-state index contributed by atoms with van der Waals surface area (Å²) in [6.07, 6.45) is 6.49. The average molecular weight is 242 g/mol. The van der Waals surface area contributed by atoms with E-state index in [9.17, 15) is 0 Å². The first-order chi connectivity index (χ1) is 8.88. The number of piperidine rings is 1. The van der Waals surface area contributed by atoms with Crippen LogP contribution in [0.2, 0.25) is 0 Å². The largest absolute Gasteiger partial charge is 0.347 e. The molecule has 1 fully saturated rings. The molecular weight excluding hydrogens is 220 g/mol. The van der Waals surface area contributed by atoms with E-state index in [1.165, 1.54) is 48.8 Å². The Morgan fingerprint density at radius 2 is 1.83 bits per heavy atom. The van der Waals surface area contributed by atoms with Crippen LogP contribution < -0.4 is 0 Å². The average Bonchev–Trinajstić information content (AvgIpc) is 2.78. The van der Waals surface area contributed by atoms with E-state index in [2.05, 4.69) is 46.9 Å². The summed E-state index contributed by atoms with van der Waals surface area (Å²) in [5.74, 6) is 0. The lowest BCUT2D eigenvalue weighted by atomic mass is 10.1. The molecule has 2 heterocycles. The van der Waals surface area contributed by atoms with E-state index in [1.54, 1.807) is 0 Å². The molecule has 0 bridgehead atoms.